The molecule has 0 aliphatic carbocycles. The van der Waals surface area contributed by atoms with Gasteiger partial charge in [-0.3, -0.25) is 4.90 Å². The molecule has 1 aliphatic heterocycles. The van der Waals surface area contributed by atoms with Crippen LogP contribution in [0.4, 0.5) is 0 Å². The van der Waals surface area contributed by atoms with Gasteiger partial charge in [0, 0.05) is 30.5 Å². The van der Waals surface area contributed by atoms with Crippen molar-refractivity contribution in [3.8, 4) is 0 Å². The van der Waals surface area contributed by atoms with Crippen molar-refractivity contribution in [2.75, 3.05) is 13.2 Å². The minimum atomic E-state index is 0.258. The van der Waals surface area contributed by atoms with Crippen LogP contribution in [0.5, 0.6) is 0 Å². The third-order valence-electron chi connectivity index (χ3n) is 2.71. The smallest absolute Gasteiger partial charge is 0.115 e. The fourth-order valence-electron chi connectivity index (χ4n) is 1.96. The maximum Gasteiger partial charge on any atom is 0.115 e. The first-order chi connectivity index (χ1) is 6.90. The summed E-state index contributed by atoms with van der Waals surface area (Å²) in [6, 6.07) is 0.329. The molecule has 2 rings (SSSR count). The molecule has 0 radical (unpaired) electrons. The Morgan fingerprint density at radius 1 is 1.43 bits per heavy atom. The van der Waals surface area contributed by atoms with E-state index in [0.29, 0.717) is 6.04 Å². The first-order valence-corrected chi connectivity index (χ1v) is 4.99. The quantitative estimate of drug-likeness (QED) is 0.756. The number of aliphatic hydroxyl groups excluding tert-OH is 1. The van der Waals surface area contributed by atoms with Gasteiger partial charge in [-0.15, -0.1) is 0 Å². The van der Waals surface area contributed by atoms with Crippen molar-refractivity contribution in [2.45, 2.75) is 25.4 Å². The molecule has 0 amide bonds. The summed E-state index contributed by atoms with van der Waals surface area (Å²) >= 11 is 0. The van der Waals surface area contributed by atoms with Crippen LogP contribution < -0.4 is 0 Å². The zero-order valence-electron chi connectivity index (χ0n) is 8.13. The average Bonchev–Trinajstić information content (AvgIpc) is 2.67. The summed E-state index contributed by atoms with van der Waals surface area (Å²) in [6.45, 7) is 2.18. The molecule has 1 aromatic heterocycles. The summed E-state index contributed by atoms with van der Waals surface area (Å²) in [5.41, 5.74) is 1.12. The lowest BCUT2D eigenvalue weighted by atomic mass is 10.2. The molecule has 1 aromatic rings. The molecule has 14 heavy (non-hydrogen) atoms. The summed E-state index contributed by atoms with van der Waals surface area (Å²) in [6.07, 6.45) is 7.49. The van der Waals surface area contributed by atoms with Gasteiger partial charge in [-0.2, -0.15) is 0 Å². The van der Waals surface area contributed by atoms with Gasteiger partial charge in [0.25, 0.3) is 0 Å². The van der Waals surface area contributed by atoms with Crippen LogP contribution in [0.15, 0.2) is 18.7 Å². The summed E-state index contributed by atoms with van der Waals surface area (Å²) in [7, 11) is 0. The van der Waals surface area contributed by atoms with Crippen LogP contribution in [0.25, 0.3) is 0 Å². The highest BCUT2D eigenvalue weighted by atomic mass is 16.3. The molecule has 76 valence electrons. The predicted octanol–water partition coefficient (Wildman–Crippen LogP) is 0.433. The fraction of sp³-hybridized carbons (Fsp3) is 0.600. The van der Waals surface area contributed by atoms with Crippen molar-refractivity contribution < 1.29 is 5.11 Å². The Kier molecular flexibility index (Phi) is 3.06. The number of hydrogen-bond acceptors (Lipinski definition) is 4. The van der Waals surface area contributed by atoms with E-state index >= 15 is 0 Å². The maximum atomic E-state index is 9.14. The summed E-state index contributed by atoms with van der Waals surface area (Å²) in [5.74, 6) is 0. The Hall–Kier alpha value is -1.00. The van der Waals surface area contributed by atoms with Gasteiger partial charge in [-0.25, -0.2) is 9.97 Å². The zero-order valence-corrected chi connectivity index (χ0v) is 8.13. The lowest BCUT2D eigenvalue weighted by molar-refractivity contribution is 0.153. The number of hydrogen-bond donors (Lipinski definition) is 1. The van der Waals surface area contributed by atoms with E-state index < -0.39 is 0 Å². The standard InChI is InChI=1S/C10H15N3O/c14-7-10-2-1-3-13(10)6-9-4-11-8-12-5-9/h4-5,8,10,14H,1-3,6-7H2/t10-/m0/s1. The third kappa shape index (κ3) is 2.08. The van der Waals surface area contributed by atoms with Gasteiger partial charge in [0.05, 0.1) is 6.61 Å². The summed E-state index contributed by atoms with van der Waals surface area (Å²) in [5, 5.41) is 9.14. The number of nitrogens with zero attached hydrogens (tertiary/aromatic N) is 3. The first kappa shape index (κ1) is 9.55. The summed E-state index contributed by atoms with van der Waals surface area (Å²) in [4.78, 5) is 10.2. The molecular formula is C10H15N3O. The summed E-state index contributed by atoms with van der Waals surface area (Å²) < 4.78 is 0. The van der Waals surface area contributed by atoms with Gasteiger partial charge in [0.2, 0.25) is 0 Å². The largest absolute Gasteiger partial charge is 0.395 e. The van der Waals surface area contributed by atoms with Crippen molar-refractivity contribution >= 4 is 0 Å². The molecule has 4 heteroatoms. The number of aromatic nitrogens is 2. The van der Waals surface area contributed by atoms with E-state index in [4.69, 9.17) is 5.11 Å². The van der Waals surface area contributed by atoms with Gasteiger partial charge in [0.15, 0.2) is 0 Å². The monoisotopic (exact) mass is 193 g/mol. The van der Waals surface area contributed by atoms with E-state index in [0.717, 1.165) is 25.1 Å². The number of aliphatic hydroxyl groups is 1. The zero-order chi connectivity index (χ0) is 9.80. The lowest BCUT2D eigenvalue weighted by Crippen LogP contribution is -2.31. The van der Waals surface area contributed by atoms with Gasteiger partial charge in [-0.1, -0.05) is 0 Å². The second kappa shape index (κ2) is 4.48. The predicted molar refractivity (Wildman–Crippen MR) is 52.5 cm³/mol. The highest BCUT2D eigenvalue weighted by Gasteiger charge is 2.23. The van der Waals surface area contributed by atoms with Crippen LogP contribution in [0.1, 0.15) is 18.4 Å². The van der Waals surface area contributed by atoms with Crippen LogP contribution in [0, 0.1) is 0 Å². The maximum absolute atomic E-state index is 9.14. The molecule has 1 aliphatic rings. The Morgan fingerprint density at radius 3 is 2.93 bits per heavy atom. The van der Waals surface area contributed by atoms with Crippen molar-refractivity contribution in [2.24, 2.45) is 0 Å². The topological polar surface area (TPSA) is 49.2 Å². The normalized spacial score (nSPS) is 22.8. The Morgan fingerprint density at radius 2 is 2.21 bits per heavy atom. The molecule has 0 bridgehead atoms. The van der Waals surface area contributed by atoms with E-state index in [1.54, 1.807) is 0 Å². The Balaban J connectivity index is 1.97. The molecule has 1 N–H and O–H groups in total. The van der Waals surface area contributed by atoms with Crippen LogP contribution in [0.2, 0.25) is 0 Å². The van der Waals surface area contributed by atoms with Gasteiger partial charge in [-0.05, 0) is 19.4 Å². The molecule has 1 fully saturated rings. The van der Waals surface area contributed by atoms with Crippen LogP contribution in [-0.4, -0.2) is 39.2 Å². The number of rotatable bonds is 3. The van der Waals surface area contributed by atoms with Crippen molar-refractivity contribution in [1.82, 2.24) is 14.9 Å². The van der Waals surface area contributed by atoms with Crippen molar-refractivity contribution in [1.29, 1.82) is 0 Å². The molecule has 0 unspecified atom stereocenters. The Bertz CT molecular complexity index is 278. The minimum absolute atomic E-state index is 0.258. The highest BCUT2D eigenvalue weighted by molar-refractivity contribution is 5.03. The van der Waals surface area contributed by atoms with E-state index in [9.17, 15) is 0 Å². The second-order valence-electron chi connectivity index (χ2n) is 3.70. The molecule has 0 spiro atoms. The molecule has 2 heterocycles. The second-order valence-corrected chi connectivity index (χ2v) is 3.70. The first-order valence-electron chi connectivity index (χ1n) is 4.99. The van der Waals surface area contributed by atoms with E-state index in [-0.39, 0.29) is 6.61 Å². The Labute approximate surface area is 83.6 Å². The minimum Gasteiger partial charge on any atom is -0.395 e. The third-order valence-corrected chi connectivity index (χ3v) is 2.71. The SMILES string of the molecule is OC[C@@H]1CCCN1Cc1cncnc1. The van der Waals surface area contributed by atoms with Crippen LogP contribution >= 0.6 is 0 Å². The van der Waals surface area contributed by atoms with Crippen molar-refractivity contribution in [3.05, 3.63) is 24.3 Å². The fourth-order valence-corrected chi connectivity index (χ4v) is 1.96. The molecule has 0 aromatic carbocycles. The highest BCUT2D eigenvalue weighted by Crippen LogP contribution is 2.18. The molecule has 1 atom stereocenters. The molecule has 4 nitrogen and oxygen atoms in total. The van der Waals surface area contributed by atoms with E-state index in [2.05, 4.69) is 14.9 Å². The lowest BCUT2D eigenvalue weighted by Gasteiger charge is -2.21. The average molecular weight is 193 g/mol. The van der Waals surface area contributed by atoms with Gasteiger partial charge < -0.3 is 5.11 Å². The molecule has 1 saturated heterocycles. The van der Waals surface area contributed by atoms with Gasteiger partial charge in [0.1, 0.15) is 6.33 Å². The molecular weight excluding hydrogens is 178 g/mol. The van der Waals surface area contributed by atoms with Crippen LogP contribution in [-0.2, 0) is 6.54 Å². The van der Waals surface area contributed by atoms with E-state index in [1.165, 1.54) is 12.7 Å². The van der Waals surface area contributed by atoms with E-state index in [1.807, 2.05) is 12.4 Å². The molecule has 0 saturated carbocycles. The van der Waals surface area contributed by atoms with Gasteiger partial charge >= 0.3 is 0 Å². The van der Waals surface area contributed by atoms with Crippen LogP contribution in [0.3, 0.4) is 0 Å². The number of likely N-dealkylation sites (tertiary alicyclic amines) is 1. The van der Waals surface area contributed by atoms with Crippen molar-refractivity contribution in [3.63, 3.8) is 0 Å².